The molecule has 7 heteroatoms. The minimum absolute atomic E-state index is 0.0901. The fourth-order valence-electron chi connectivity index (χ4n) is 1.17. The van der Waals surface area contributed by atoms with Gasteiger partial charge in [-0.05, 0) is 12.1 Å². The third kappa shape index (κ3) is 2.33. The van der Waals surface area contributed by atoms with Gasteiger partial charge in [0.25, 0.3) is 5.91 Å². The summed E-state index contributed by atoms with van der Waals surface area (Å²) in [6.07, 6.45) is 4.17. The predicted molar refractivity (Wildman–Crippen MR) is 58.6 cm³/mol. The number of halogens is 1. The van der Waals surface area contributed by atoms with Crippen molar-refractivity contribution in [3.05, 3.63) is 42.1 Å². The summed E-state index contributed by atoms with van der Waals surface area (Å²) in [6, 6.07) is 2.82. The lowest BCUT2D eigenvalue weighted by atomic mass is 10.2. The number of pyridine rings is 1. The second kappa shape index (κ2) is 4.52. The van der Waals surface area contributed by atoms with Crippen LogP contribution in [0.2, 0.25) is 0 Å². The lowest BCUT2D eigenvalue weighted by Gasteiger charge is -2.04. The average molecular weight is 233 g/mol. The first-order valence-electron chi connectivity index (χ1n) is 4.67. The maximum atomic E-state index is 13.5. The number of nitrogen functional groups attached to an aromatic ring is 1. The number of carbonyl (C=O) groups excluding carboxylic acids is 1. The molecule has 0 saturated carbocycles. The highest BCUT2D eigenvalue weighted by Gasteiger charge is 2.15. The molecule has 0 saturated heterocycles. The molecule has 0 aliphatic rings. The zero-order chi connectivity index (χ0) is 12.3. The van der Waals surface area contributed by atoms with E-state index in [-0.39, 0.29) is 17.3 Å². The van der Waals surface area contributed by atoms with Gasteiger partial charge >= 0.3 is 0 Å². The van der Waals surface area contributed by atoms with Gasteiger partial charge in [0.1, 0.15) is 0 Å². The van der Waals surface area contributed by atoms with Crippen LogP contribution in [0.3, 0.4) is 0 Å². The van der Waals surface area contributed by atoms with E-state index >= 15 is 0 Å². The van der Waals surface area contributed by atoms with Crippen molar-refractivity contribution < 1.29 is 9.18 Å². The zero-order valence-corrected chi connectivity index (χ0v) is 8.59. The van der Waals surface area contributed by atoms with Crippen molar-refractivity contribution in [1.29, 1.82) is 0 Å². The summed E-state index contributed by atoms with van der Waals surface area (Å²) in [5, 5.41) is 2.34. The van der Waals surface area contributed by atoms with Gasteiger partial charge in [-0.1, -0.05) is 0 Å². The third-order valence-corrected chi connectivity index (χ3v) is 1.95. The molecule has 2 rings (SSSR count). The van der Waals surface area contributed by atoms with Crippen molar-refractivity contribution in [2.75, 3.05) is 11.1 Å². The number of nitrogens with one attached hydrogen (secondary N) is 1. The van der Waals surface area contributed by atoms with Gasteiger partial charge in [0.2, 0.25) is 5.95 Å². The van der Waals surface area contributed by atoms with Gasteiger partial charge in [-0.2, -0.15) is 0 Å². The monoisotopic (exact) mass is 233 g/mol. The Morgan fingerprint density at radius 2 is 1.94 bits per heavy atom. The van der Waals surface area contributed by atoms with E-state index in [9.17, 15) is 9.18 Å². The molecular weight excluding hydrogens is 225 g/mol. The third-order valence-electron chi connectivity index (χ3n) is 1.95. The molecule has 0 aliphatic carbocycles. The summed E-state index contributed by atoms with van der Waals surface area (Å²) >= 11 is 0. The Bertz CT molecular complexity index is 546. The van der Waals surface area contributed by atoms with Crippen LogP contribution in [0.15, 0.2) is 30.7 Å². The Morgan fingerprint density at radius 1 is 1.24 bits per heavy atom. The second-order valence-electron chi connectivity index (χ2n) is 3.08. The highest BCUT2D eigenvalue weighted by molar-refractivity contribution is 6.03. The summed E-state index contributed by atoms with van der Waals surface area (Å²) < 4.78 is 13.5. The standard InChI is InChI=1S/C10H8FN5O/c11-7-6(2-5-13-8(7)12)9(17)16-10-14-3-1-4-15-10/h1-5H,(H2,12,13)(H,14,15,16,17). The number of nitrogens with two attached hydrogens (primary N) is 1. The Morgan fingerprint density at radius 3 is 2.65 bits per heavy atom. The van der Waals surface area contributed by atoms with Crippen LogP contribution in [0.5, 0.6) is 0 Å². The number of aromatic nitrogens is 3. The predicted octanol–water partition coefficient (Wildman–Crippen LogP) is 0.845. The molecule has 0 atom stereocenters. The van der Waals surface area contributed by atoms with Crippen LogP contribution in [0.25, 0.3) is 0 Å². The summed E-state index contributed by atoms with van der Waals surface area (Å²) in [6.45, 7) is 0. The van der Waals surface area contributed by atoms with Gasteiger partial charge in [-0.15, -0.1) is 0 Å². The van der Waals surface area contributed by atoms with Crippen molar-refractivity contribution in [2.24, 2.45) is 0 Å². The van der Waals surface area contributed by atoms with Crippen LogP contribution < -0.4 is 11.1 Å². The number of rotatable bonds is 2. The van der Waals surface area contributed by atoms with E-state index in [1.165, 1.54) is 24.7 Å². The SMILES string of the molecule is Nc1nccc(C(=O)Nc2ncccn2)c1F. The summed E-state index contributed by atoms with van der Waals surface area (Å²) in [5.74, 6) is -1.78. The molecule has 0 bridgehead atoms. The first kappa shape index (κ1) is 10.9. The van der Waals surface area contributed by atoms with E-state index in [2.05, 4.69) is 20.3 Å². The number of carbonyl (C=O) groups is 1. The normalized spacial score (nSPS) is 9.94. The fourth-order valence-corrected chi connectivity index (χ4v) is 1.17. The van der Waals surface area contributed by atoms with E-state index in [1.54, 1.807) is 6.07 Å². The molecule has 0 aromatic carbocycles. The van der Waals surface area contributed by atoms with E-state index in [0.717, 1.165) is 0 Å². The van der Waals surface area contributed by atoms with Gasteiger partial charge in [-0.3, -0.25) is 10.1 Å². The van der Waals surface area contributed by atoms with Crippen LogP contribution in [-0.2, 0) is 0 Å². The van der Waals surface area contributed by atoms with Crippen LogP contribution in [0, 0.1) is 5.82 Å². The Labute approximate surface area is 95.7 Å². The molecule has 0 aliphatic heterocycles. The number of hydrogen-bond acceptors (Lipinski definition) is 5. The summed E-state index contributed by atoms with van der Waals surface area (Å²) in [7, 11) is 0. The number of nitrogens with zero attached hydrogens (tertiary/aromatic N) is 3. The van der Waals surface area contributed by atoms with E-state index < -0.39 is 11.7 Å². The minimum atomic E-state index is -0.860. The largest absolute Gasteiger partial charge is 0.381 e. The van der Waals surface area contributed by atoms with Gasteiger partial charge in [0, 0.05) is 18.6 Å². The van der Waals surface area contributed by atoms with Crippen molar-refractivity contribution in [3.63, 3.8) is 0 Å². The number of anilines is 2. The van der Waals surface area contributed by atoms with E-state index in [4.69, 9.17) is 5.73 Å². The van der Waals surface area contributed by atoms with Gasteiger partial charge in [0.15, 0.2) is 11.6 Å². The number of amides is 1. The fraction of sp³-hybridized carbons (Fsp3) is 0. The maximum absolute atomic E-state index is 13.5. The topological polar surface area (TPSA) is 93.8 Å². The smallest absolute Gasteiger partial charge is 0.261 e. The molecule has 17 heavy (non-hydrogen) atoms. The Balaban J connectivity index is 2.24. The highest BCUT2D eigenvalue weighted by Crippen LogP contribution is 2.12. The lowest BCUT2D eigenvalue weighted by Crippen LogP contribution is -2.16. The molecular formula is C10H8FN5O. The van der Waals surface area contributed by atoms with Crippen molar-refractivity contribution in [2.45, 2.75) is 0 Å². The molecule has 3 N–H and O–H groups in total. The lowest BCUT2D eigenvalue weighted by molar-refractivity contribution is 0.102. The molecule has 2 aromatic heterocycles. The zero-order valence-electron chi connectivity index (χ0n) is 8.59. The van der Waals surface area contributed by atoms with Crippen molar-refractivity contribution in [1.82, 2.24) is 15.0 Å². The average Bonchev–Trinajstić information content (AvgIpc) is 2.34. The van der Waals surface area contributed by atoms with Crippen molar-refractivity contribution >= 4 is 17.7 Å². The Kier molecular flexibility index (Phi) is 2.91. The molecule has 1 amide bonds. The molecule has 2 heterocycles. The maximum Gasteiger partial charge on any atom is 0.261 e. The summed E-state index contributed by atoms with van der Waals surface area (Å²) in [4.78, 5) is 22.8. The van der Waals surface area contributed by atoms with Crippen LogP contribution in [-0.4, -0.2) is 20.9 Å². The molecule has 0 radical (unpaired) electrons. The quantitative estimate of drug-likeness (QED) is 0.801. The first-order chi connectivity index (χ1) is 8.18. The highest BCUT2D eigenvalue weighted by atomic mass is 19.1. The van der Waals surface area contributed by atoms with Crippen molar-refractivity contribution in [3.8, 4) is 0 Å². The molecule has 0 spiro atoms. The van der Waals surface area contributed by atoms with E-state index in [1.807, 2.05) is 0 Å². The Hall–Kier alpha value is -2.57. The number of hydrogen-bond donors (Lipinski definition) is 2. The van der Waals surface area contributed by atoms with Gasteiger partial charge in [0.05, 0.1) is 5.56 Å². The first-order valence-corrected chi connectivity index (χ1v) is 4.67. The van der Waals surface area contributed by atoms with Crippen LogP contribution >= 0.6 is 0 Å². The summed E-state index contributed by atoms with van der Waals surface area (Å²) in [5.41, 5.74) is 5.05. The van der Waals surface area contributed by atoms with Crippen LogP contribution in [0.1, 0.15) is 10.4 Å². The van der Waals surface area contributed by atoms with Gasteiger partial charge < -0.3 is 5.73 Å². The molecule has 2 aromatic rings. The van der Waals surface area contributed by atoms with Gasteiger partial charge in [-0.25, -0.2) is 19.3 Å². The minimum Gasteiger partial charge on any atom is -0.381 e. The molecule has 0 fully saturated rings. The molecule has 86 valence electrons. The van der Waals surface area contributed by atoms with Crippen LogP contribution in [0.4, 0.5) is 16.2 Å². The second-order valence-corrected chi connectivity index (χ2v) is 3.08. The van der Waals surface area contributed by atoms with E-state index in [0.29, 0.717) is 0 Å². The molecule has 0 unspecified atom stereocenters. The molecule has 6 nitrogen and oxygen atoms in total.